The third-order valence-electron chi connectivity index (χ3n) is 9.66. The maximum absolute atomic E-state index is 13.5. The Labute approximate surface area is 410 Å². The third-order valence-corrected chi connectivity index (χ3v) is 13.8. The summed E-state index contributed by atoms with van der Waals surface area (Å²) >= 11 is 16.6. The van der Waals surface area contributed by atoms with E-state index in [1.165, 1.54) is 40.0 Å². The molecule has 64 heavy (non-hydrogen) atoms. The van der Waals surface area contributed by atoms with Crippen molar-refractivity contribution in [2.45, 2.75) is 5.72 Å². The molecule has 18 heteroatoms. The Hall–Kier alpha value is -5.05. The number of hydrogen-bond donors (Lipinski definition) is 2. The van der Waals surface area contributed by atoms with Crippen LogP contribution in [0.4, 0.5) is 32.3 Å². The fraction of sp³-hybridized carbons (Fsp3) is 0.109. The molecule has 8 aromatic rings. The first-order valence-electron chi connectivity index (χ1n) is 19.2. The van der Waals surface area contributed by atoms with Gasteiger partial charge in [0.05, 0.1) is 39.6 Å². The van der Waals surface area contributed by atoms with Crippen LogP contribution in [0.2, 0.25) is 0 Å². The van der Waals surface area contributed by atoms with Gasteiger partial charge in [-0.25, -0.2) is 24.6 Å². The van der Waals surface area contributed by atoms with Crippen molar-refractivity contribution >= 4 is 148 Å². The number of urea groups is 2. The Morgan fingerprint density at radius 2 is 1.28 bits per heavy atom. The number of rotatable bonds is 8. The van der Waals surface area contributed by atoms with Gasteiger partial charge < -0.3 is 10.4 Å². The second kappa shape index (κ2) is 21.3. The fourth-order valence-electron chi connectivity index (χ4n) is 6.35. The van der Waals surface area contributed by atoms with Crippen molar-refractivity contribution in [1.82, 2.24) is 15.0 Å². The van der Waals surface area contributed by atoms with Crippen molar-refractivity contribution in [3.8, 4) is 0 Å². The minimum Gasteiger partial charge on any atom is -0.363 e. The highest BCUT2D eigenvalue weighted by Crippen LogP contribution is 2.43. The molecule has 0 saturated carbocycles. The molecule has 0 bridgehead atoms. The average molecular weight is 1150 g/mol. The molecule has 0 radical (unpaired) electrons. The number of likely N-dealkylation sites (N-methyl/N-ethyl adjacent to an activating group) is 1. The molecule has 1 unspecified atom stereocenters. The second-order valence-corrected chi connectivity index (χ2v) is 19.4. The third kappa shape index (κ3) is 11.2. The Bertz CT molecular complexity index is 2810. The van der Waals surface area contributed by atoms with E-state index in [0.29, 0.717) is 27.8 Å². The van der Waals surface area contributed by atoms with Crippen molar-refractivity contribution in [2.24, 2.45) is 0 Å². The molecule has 0 spiro atoms. The zero-order valence-corrected chi connectivity index (χ0v) is 41.9. The van der Waals surface area contributed by atoms with Crippen LogP contribution in [0.3, 0.4) is 0 Å². The summed E-state index contributed by atoms with van der Waals surface area (Å²) in [6.45, 7) is -0.0856. The number of amides is 5. The van der Waals surface area contributed by atoms with Crippen LogP contribution in [-0.2, 0) is 15.4 Å². The van der Waals surface area contributed by atoms with Crippen molar-refractivity contribution in [2.75, 3.05) is 47.3 Å². The van der Waals surface area contributed by atoms with Crippen LogP contribution in [-0.4, -0.2) is 65.4 Å². The zero-order chi connectivity index (χ0) is 45.4. The van der Waals surface area contributed by atoms with Gasteiger partial charge in [-0.3, -0.25) is 24.3 Å². The monoisotopic (exact) mass is 1150 g/mol. The van der Waals surface area contributed by atoms with E-state index in [1.807, 2.05) is 109 Å². The SMILES string of the molecule is CON(C)C(=O)CN(C(=O)Nc1ccc(Br)cc1)c1ccc(Br)cc1.O=C1N(c2ccc(Br)cc2)CC(O)(c2nc3ccccc3s2)N1c1ccc(Br)cc1.c1ccc2scnc2c1. The van der Waals surface area contributed by atoms with E-state index in [4.69, 9.17) is 4.84 Å². The summed E-state index contributed by atoms with van der Waals surface area (Å²) in [4.78, 5) is 56.5. The number of thiazole rings is 2. The second-order valence-electron chi connectivity index (χ2n) is 13.9. The highest BCUT2D eigenvalue weighted by Gasteiger charge is 2.53. The van der Waals surface area contributed by atoms with Gasteiger partial charge >= 0.3 is 12.1 Å². The van der Waals surface area contributed by atoms with Gasteiger partial charge in [-0.2, -0.15) is 0 Å². The van der Waals surface area contributed by atoms with Crippen molar-refractivity contribution in [1.29, 1.82) is 0 Å². The Morgan fingerprint density at radius 3 is 1.86 bits per heavy atom. The largest absolute Gasteiger partial charge is 0.363 e. The van der Waals surface area contributed by atoms with Gasteiger partial charge in [0.1, 0.15) is 11.6 Å². The number of fused-ring (bicyclic) bond motifs is 2. The molecule has 9 rings (SSSR count). The zero-order valence-electron chi connectivity index (χ0n) is 33.9. The first-order valence-corrected chi connectivity index (χ1v) is 24.1. The molecular formula is C46H37Br4N7O5S2. The maximum Gasteiger partial charge on any atom is 0.331 e. The molecule has 1 atom stereocenters. The van der Waals surface area contributed by atoms with E-state index in [9.17, 15) is 19.5 Å². The first-order chi connectivity index (χ1) is 30.8. The van der Waals surface area contributed by atoms with Crippen LogP contribution in [0, 0.1) is 0 Å². The standard InChI is InChI=1S/C22H15Br2N3O2S.C17H17Br2N3O3.C7H5NS/c23-14-5-9-16(10-6-14)26-13-22(29,20-25-18-3-1-2-4-19(18)30-20)27(21(26)28)17-11-7-15(24)8-12-17;1-21(25-2)16(23)11-22(15-9-5-13(19)6-10-15)17(24)20-14-7-3-12(18)4-8-14;1-2-4-7-6(3-1)8-5-9-7/h1-12,29H,13H2;3-10H,11H2,1-2H3,(H,20,24);1-5H. The number of carbonyl (C=O) groups excluding carboxylic acids is 3. The van der Waals surface area contributed by atoms with Crippen molar-refractivity contribution in [3.63, 3.8) is 0 Å². The lowest BCUT2D eigenvalue weighted by Crippen LogP contribution is -2.44. The van der Waals surface area contributed by atoms with Crippen LogP contribution in [0.5, 0.6) is 0 Å². The first kappa shape index (κ1) is 46.9. The summed E-state index contributed by atoms with van der Waals surface area (Å²) < 4.78 is 5.83. The Balaban J connectivity index is 0.000000162. The highest BCUT2D eigenvalue weighted by molar-refractivity contribution is 9.11. The molecule has 1 aliphatic rings. The number of carbonyl (C=O) groups is 3. The van der Waals surface area contributed by atoms with E-state index in [0.717, 1.165) is 38.7 Å². The fourth-order valence-corrected chi connectivity index (χ4v) is 9.12. The van der Waals surface area contributed by atoms with Crippen molar-refractivity contribution in [3.05, 3.63) is 174 Å². The number of halogens is 4. The minimum absolute atomic E-state index is 0.0728. The number of nitrogens with zero attached hydrogens (tertiary/aromatic N) is 6. The lowest BCUT2D eigenvalue weighted by molar-refractivity contribution is -0.166. The van der Waals surface area contributed by atoms with Gasteiger partial charge in [0.15, 0.2) is 0 Å². The molecule has 1 aliphatic heterocycles. The molecule has 2 aromatic heterocycles. The summed E-state index contributed by atoms with van der Waals surface area (Å²) in [5.74, 6) is -0.351. The normalized spacial score (nSPS) is 14.4. The van der Waals surface area contributed by atoms with Gasteiger partial charge in [-0.15, -0.1) is 22.7 Å². The number of aliphatic hydroxyl groups is 1. The predicted molar refractivity (Wildman–Crippen MR) is 271 cm³/mol. The number of hydroxylamine groups is 2. The number of para-hydroxylation sites is 2. The molecule has 3 heterocycles. The molecule has 1 saturated heterocycles. The van der Waals surface area contributed by atoms with Crippen LogP contribution in [0.1, 0.15) is 5.01 Å². The number of benzene rings is 6. The minimum atomic E-state index is -1.60. The van der Waals surface area contributed by atoms with E-state index >= 15 is 0 Å². The molecule has 5 amide bonds. The Morgan fingerprint density at radius 1 is 0.750 bits per heavy atom. The molecule has 2 N–H and O–H groups in total. The molecular weight excluding hydrogens is 1110 g/mol. The van der Waals surface area contributed by atoms with Crippen LogP contribution in [0.15, 0.2) is 169 Å². The van der Waals surface area contributed by atoms with E-state index < -0.39 is 11.8 Å². The van der Waals surface area contributed by atoms with E-state index in [-0.39, 0.29) is 25.0 Å². The number of aromatic nitrogens is 2. The lowest BCUT2D eigenvalue weighted by atomic mass is 10.2. The number of hydrogen-bond acceptors (Lipinski definition) is 9. The molecule has 326 valence electrons. The van der Waals surface area contributed by atoms with Gasteiger partial charge in [-0.05, 0) is 121 Å². The van der Waals surface area contributed by atoms with Crippen LogP contribution < -0.4 is 20.0 Å². The van der Waals surface area contributed by atoms with Crippen LogP contribution >= 0.6 is 86.4 Å². The van der Waals surface area contributed by atoms with Crippen molar-refractivity contribution < 1.29 is 24.3 Å². The van der Waals surface area contributed by atoms with Gasteiger partial charge in [0.25, 0.3) is 5.91 Å². The van der Waals surface area contributed by atoms with E-state index in [1.54, 1.807) is 52.6 Å². The number of β-amino-alcohol motifs (C(OH)–C–C–N with tert-alkyl or cyclic N) is 1. The highest BCUT2D eigenvalue weighted by atomic mass is 79.9. The molecule has 6 aromatic carbocycles. The number of nitrogens with one attached hydrogen (secondary N) is 1. The summed E-state index contributed by atoms with van der Waals surface area (Å²) in [5, 5.41) is 16.2. The Kier molecular flexibility index (Phi) is 15.6. The van der Waals surface area contributed by atoms with Crippen LogP contribution in [0.25, 0.3) is 20.4 Å². The van der Waals surface area contributed by atoms with Gasteiger partial charge in [-0.1, -0.05) is 88.0 Å². The maximum atomic E-state index is 13.5. The van der Waals surface area contributed by atoms with Gasteiger partial charge in [0.2, 0.25) is 5.72 Å². The lowest BCUT2D eigenvalue weighted by Gasteiger charge is -2.29. The van der Waals surface area contributed by atoms with Gasteiger partial charge in [0, 0.05) is 47.7 Å². The smallest absolute Gasteiger partial charge is 0.331 e. The predicted octanol–water partition coefficient (Wildman–Crippen LogP) is 12.7. The molecule has 0 aliphatic carbocycles. The summed E-state index contributed by atoms with van der Waals surface area (Å²) in [7, 11) is 2.89. The average Bonchev–Trinajstić information content (AvgIpc) is 4.04. The van der Waals surface area contributed by atoms with E-state index in [2.05, 4.69) is 85.1 Å². The summed E-state index contributed by atoms with van der Waals surface area (Å²) in [6, 6.07) is 44.2. The summed E-state index contributed by atoms with van der Waals surface area (Å²) in [5.41, 5.74) is 4.70. The topological polar surface area (TPSA) is 131 Å². The number of anilines is 4. The quantitative estimate of drug-likeness (QED) is 0.145. The molecule has 12 nitrogen and oxygen atoms in total. The molecule has 1 fully saturated rings. The summed E-state index contributed by atoms with van der Waals surface area (Å²) in [6.07, 6.45) is 0.